The predicted octanol–water partition coefficient (Wildman–Crippen LogP) is 3.20. The van der Waals surface area contributed by atoms with E-state index in [4.69, 9.17) is 0 Å². The lowest BCUT2D eigenvalue weighted by atomic mass is 9.93. The van der Waals surface area contributed by atoms with Crippen LogP contribution in [0.4, 0.5) is 0 Å². The van der Waals surface area contributed by atoms with Crippen LogP contribution in [-0.4, -0.2) is 12.6 Å². The minimum atomic E-state index is 0.916. The normalized spacial score (nSPS) is 42.2. The summed E-state index contributed by atoms with van der Waals surface area (Å²) in [6.07, 6.45) is 12.3. The van der Waals surface area contributed by atoms with E-state index in [1.54, 1.807) is 32.1 Å². The third-order valence-corrected chi connectivity index (χ3v) is 5.81. The van der Waals surface area contributed by atoms with Gasteiger partial charge in [-0.15, -0.1) is 0 Å². The topological polar surface area (TPSA) is 12.0 Å². The largest absolute Gasteiger partial charge is 0.313 e. The van der Waals surface area contributed by atoms with Gasteiger partial charge in [-0.05, 0) is 81.1 Å². The molecule has 4 aliphatic carbocycles. The molecule has 0 radical (unpaired) electrons. The van der Waals surface area contributed by atoms with E-state index in [1.165, 1.54) is 25.8 Å². The summed E-state index contributed by atoms with van der Waals surface area (Å²) in [5, 5.41) is 3.96. The number of rotatable bonds is 5. The van der Waals surface area contributed by atoms with Crippen LogP contribution in [0.5, 0.6) is 0 Å². The van der Waals surface area contributed by atoms with E-state index in [2.05, 4.69) is 5.32 Å². The van der Waals surface area contributed by atoms with E-state index < -0.39 is 0 Å². The first kappa shape index (κ1) is 9.94. The lowest BCUT2D eigenvalue weighted by molar-refractivity contribution is 0.301. The van der Waals surface area contributed by atoms with Gasteiger partial charge in [-0.1, -0.05) is 6.42 Å². The molecule has 0 aromatic carbocycles. The number of hydrogen-bond acceptors (Lipinski definition) is 1. The second-order valence-corrected chi connectivity index (χ2v) is 7.03. The van der Waals surface area contributed by atoms with Crippen molar-refractivity contribution < 1.29 is 0 Å². The Hall–Kier alpha value is -0.0400. The molecular weight excluding hydrogens is 194 g/mol. The molecule has 1 N–H and O–H groups in total. The third-order valence-electron chi connectivity index (χ3n) is 5.81. The first-order chi connectivity index (χ1) is 7.90. The van der Waals surface area contributed by atoms with Crippen LogP contribution in [0.25, 0.3) is 0 Å². The highest BCUT2D eigenvalue weighted by Crippen LogP contribution is 2.49. The van der Waals surface area contributed by atoms with Gasteiger partial charge in [0.05, 0.1) is 0 Å². The van der Waals surface area contributed by atoms with Crippen molar-refractivity contribution in [1.29, 1.82) is 0 Å². The Kier molecular flexibility index (Phi) is 2.32. The van der Waals surface area contributed by atoms with Gasteiger partial charge in [0.1, 0.15) is 0 Å². The van der Waals surface area contributed by atoms with Crippen LogP contribution >= 0.6 is 0 Å². The van der Waals surface area contributed by atoms with Crippen LogP contribution in [0.1, 0.15) is 51.4 Å². The fourth-order valence-corrected chi connectivity index (χ4v) is 4.55. The molecule has 90 valence electrons. The predicted molar refractivity (Wildman–Crippen MR) is 66.2 cm³/mol. The smallest absolute Gasteiger partial charge is 0.00981 e. The zero-order chi connectivity index (χ0) is 10.5. The van der Waals surface area contributed by atoms with Gasteiger partial charge in [0.2, 0.25) is 0 Å². The van der Waals surface area contributed by atoms with Crippen molar-refractivity contribution in [1.82, 2.24) is 5.32 Å². The average Bonchev–Trinajstić information content (AvgIpc) is 3.21. The lowest BCUT2D eigenvalue weighted by Crippen LogP contribution is -2.38. The van der Waals surface area contributed by atoms with E-state index in [0.717, 1.165) is 35.6 Å². The summed E-state index contributed by atoms with van der Waals surface area (Å²) in [6, 6.07) is 0.916. The highest BCUT2D eigenvalue weighted by Gasteiger charge is 2.43. The molecule has 2 bridgehead atoms. The maximum absolute atomic E-state index is 3.96. The number of fused-ring (bicyclic) bond motifs is 2. The third kappa shape index (κ3) is 1.81. The zero-order valence-corrected chi connectivity index (χ0v) is 10.3. The monoisotopic (exact) mass is 219 g/mol. The second-order valence-electron chi connectivity index (χ2n) is 7.03. The summed E-state index contributed by atoms with van der Waals surface area (Å²) in [5.74, 6) is 5.48. The number of hydrogen-bond donors (Lipinski definition) is 1. The highest BCUT2D eigenvalue weighted by atomic mass is 14.9. The molecule has 0 heterocycles. The molecule has 1 heteroatoms. The van der Waals surface area contributed by atoms with E-state index in [0.29, 0.717) is 0 Å². The first-order valence-corrected chi connectivity index (χ1v) is 7.63. The molecule has 0 aromatic rings. The summed E-state index contributed by atoms with van der Waals surface area (Å²) in [6.45, 7) is 1.36. The van der Waals surface area contributed by atoms with Crippen molar-refractivity contribution in [3.8, 4) is 0 Å². The van der Waals surface area contributed by atoms with Crippen molar-refractivity contribution in [2.24, 2.45) is 29.6 Å². The molecule has 0 saturated heterocycles. The molecule has 0 aromatic heterocycles. The van der Waals surface area contributed by atoms with Crippen LogP contribution in [-0.2, 0) is 0 Å². The summed E-state index contributed by atoms with van der Waals surface area (Å²) in [5.41, 5.74) is 0. The maximum Gasteiger partial charge on any atom is 0.00981 e. The molecule has 4 rings (SSSR count). The van der Waals surface area contributed by atoms with Crippen molar-refractivity contribution in [2.45, 2.75) is 57.4 Å². The van der Waals surface area contributed by atoms with Crippen LogP contribution in [0, 0.1) is 29.6 Å². The minimum absolute atomic E-state index is 0.916. The molecule has 3 unspecified atom stereocenters. The Balaban J connectivity index is 1.30. The molecule has 3 atom stereocenters. The Labute approximate surface area is 99.4 Å². The molecule has 4 saturated carbocycles. The molecular formula is C15H25N. The van der Waals surface area contributed by atoms with E-state index in [9.17, 15) is 0 Å². The Morgan fingerprint density at radius 3 is 2.12 bits per heavy atom. The minimum Gasteiger partial charge on any atom is -0.313 e. The van der Waals surface area contributed by atoms with Gasteiger partial charge in [-0.3, -0.25) is 0 Å². The van der Waals surface area contributed by atoms with E-state index in [1.807, 2.05) is 0 Å². The molecule has 0 aliphatic heterocycles. The summed E-state index contributed by atoms with van der Waals surface area (Å²) in [7, 11) is 0. The molecule has 1 nitrogen and oxygen atoms in total. The highest BCUT2D eigenvalue weighted by molar-refractivity contribution is 4.97. The first-order valence-electron chi connectivity index (χ1n) is 7.63. The van der Waals surface area contributed by atoms with Crippen molar-refractivity contribution in [3.63, 3.8) is 0 Å². The van der Waals surface area contributed by atoms with Gasteiger partial charge in [-0.25, -0.2) is 0 Å². The number of nitrogens with one attached hydrogen (secondary N) is 1. The molecule has 4 aliphatic rings. The van der Waals surface area contributed by atoms with Gasteiger partial charge < -0.3 is 5.32 Å². The van der Waals surface area contributed by atoms with Gasteiger partial charge >= 0.3 is 0 Å². The van der Waals surface area contributed by atoms with Gasteiger partial charge in [0.15, 0.2) is 0 Å². The maximum atomic E-state index is 3.96. The molecule has 4 fully saturated rings. The second kappa shape index (κ2) is 3.73. The van der Waals surface area contributed by atoms with Crippen molar-refractivity contribution >= 4 is 0 Å². The van der Waals surface area contributed by atoms with Crippen LogP contribution in [0.2, 0.25) is 0 Å². The van der Waals surface area contributed by atoms with Crippen molar-refractivity contribution in [2.75, 3.05) is 6.54 Å². The zero-order valence-electron chi connectivity index (χ0n) is 10.3. The summed E-state index contributed by atoms with van der Waals surface area (Å²) < 4.78 is 0. The van der Waals surface area contributed by atoms with Gasteiger partial charge in [0, 0.05) is 6.04 Å². The van der Waals surface area contributed by atoms with Gasteiger partial charge in [-0.2, -0.15) is 0 Å². The Bertz CT molecular complexity index is 255. The van der Waals surface area contributed by atoms with Crippen LogP contribution < -0.4 is 5.32 Å². The summed E-state index contributed by atoms with van der Waals surface area (Å²) in [4.78, 5) is 0. The fraction of sp³-hybridized carbons (Fsp3) is 1.00. The van der Waals surface area contributed by atoms with E-state index >= 15 is 0 Å². The average molecular weight is 219 g/mol. The van der Waals surface area contributed by atoms with Gasteiger partial charge in [0.25, 0.3) is 0 Å². The van der Waals surface area contributed by atoms with Crippen LogP contribution in [0.3, 0.4) is 0 Å². The molecule has 0 amide bonds. The lowest BCUT2D eigenvalue weighted by Gasteiger charge is -2.26. The van der Waals surface area contributed by atoms with E-state index in [-0.39, 0.29) is 0 Å². The fourth-order valence-electron chi connectivity index (χ4n) is 4.55. The standard InChI is InChI=1S/C15H25N/c1-2-13-7-10(1)8-15(13)16-9-14(11-3-4-11)12-5-6-12/h10-16H,1-9H2. The van der Waals surface area contributed by atoms with Crippen LogP contribution in [0.15, 0.2) is 0 Å². The van der Waals surface area contributed by atoms with Crippen molar-refractivity contribution in [3.05, 3.63) is 0 Å². The quantitative estimate of drug-likeness (QED) is 0.749. The molecule has 0 spiro atoms. The molecule has 16 heavy (non-hydrogen) atoms. The summed E-state index contributed by atoms with van der Waals surface area (Å²) >= 11 is 0. The Morgan fingerprint density at radius 2 is 1.62 bits per heavy atom. The SMILES string of the molecule is C1CC2CC1CC2NCC(C1CC1)C1CC1. The Morgan fingerprint density at radius 1 is 0.875 bits per heavy atom.